The van der Waals surface area contributed by atoms with Crippen LogP contribution in [-0.4, -0.2) is 56.7 Å². The molecule has 320 valence electrons. The summed E-state index contributed by atoms with van der Waals surface area (Å²) in [5.41, 5.74) is 0. The third kappa shape index (κ3) is 37.5. The van der Waals surface area contributed by atoms with E-state index in [0.717, 1.165) is 25.7 Å². The molecule has 0 radical (unpaired) electrons. The molecular weight excluding hydrogens is 719 g/mol. The number of carboxylic acid groups (broad SMARTS) is 2. The second-order valence-electron chi connectivity index (χ2n) is 14.8. The van der Waals surface area contributed by atoms with Gasteiger partial charge >= 0.3 is 0 Å². The molecule has 0 amide bonds. The first kappa shape index (κ1) is 52.6. The van der Waals surface area contributed by atoms with Crippen LogP contribution in [0.3, 0.4) is 0 Å². The van der Waals surface area contributed by atoms with E-state index in [0.29, 0.717) is 63.8 Å². The molecule has 2 heterocycles. The number of carbonyl (C=O) groups is 2. The number of hydrogen-bond acceptors (Lipinski definition) is 8. The fraction of sp³-hybridized carbons (Fsp3) is 0.727. The summed E-state index contributed by atoms with van der Waals surface area (Å²) < 4.78 is 31.4. The maximum absolute atomic E-state index is 13.9. The van der Waals surface area contributed by atoms with Crippen molar-refractivity contribution in [3.05, 3.63) is 61.7 Å². The molecule has 4 unspecified atom stereocenters. The Kier molecular flexibility index (Phi) is 36.2. The van der Waals surface area contributed by atoms with E-state index < -0.39 is 36.5 Å². The molecule has 2 rings (SSSR count). The van der Waals surface area contributed by atoms with E-state index in [1.54, 1.807) is 25.0 Å². The highest BCUT2D eigenvalue weighted by molar-refractivity contribution is 5.87. The van der Waals surface area contributed by atoms with Gasteiger partial charge in [-0.3, -0.25) is 0 Å². The Hall–Kier alpha value is -3.38. The van der Waals surface area contributed by atoms with Crippen LogP contribution in [-0.2, 0) is 22.7 Å². The number of aliphatic hydroxyl groups excluding tert-OH is 2. The van der Waals surface area contributed by atoms with Gasteiger partial charge in [0.2, 0.25) is 0 Å². The first-order valence-corrected chi connectivity index (χ1v) is 21.4. The molecule has 2 aromatic heterocycles. The van der Waals surface area contributed by atoms with E-state index in [1.807, 2.05) is 33.7 Å². The summed E-state index contributed by atoms with van der Waals surface area (Å²) in [6.07, 6.45) is 34.6. The molecule has 0 aliphatic rings. The van der Waals surface area contributed by atoms with Crippen molar-refractivity contribution in [3.8, 4) is 0 Å². The highest BCUT2D eigenvalue weighted by atomic mass is 19.1. The van der Waals surface area contributed by atoms with Crippen LogP contribution in [0.4, 0.5) is 8.78 Å². The molecule has 0 spiro atoms. The van der Waals surface area contributed by atoms with Crippen LogP contribution in [0, 0.1) is 0 Å². The fourth-order valence-corrected chi connectivity index (χ4v) is 6.13. The Morgan fingerprint density at radius 2 is 0.875 bits per heavy atom. The van der Waals surface area contributed by atoms with E-state index in [1.165, 1.54) is 89.9 Å². The Bertz CT molecular complexity index is 1110. The molecular formula is C44H74F2N4O6. The molecule has 2 N–H and O–H groups in total. The van der Waals surface area contributed by atoms with Crippen LogP contribution >= 0.6 is 0 Å². The van der Waals surface area contributed by atoms with Gasteiger partial charge in [0, 0.05) is 12.1 Å². The van der Waals surface area contributed by atoms with Gasteiger partial charge in [0.05, 0.1) is 36.5 Å². The Morgan fingerprint density at radius 1 is 0.554 bits per heavy atom. The summed E-state index contributed by atoms with van der Waals surface area (Å²) in [7, 11) is 0. The zero-order chi connectivity index (χ0) is 41.5. The van der Waals surface area contributed by atoms with Crippen LogP contribution < -0.4 is 19.3 Å². The van der Waals surface area contributed by atoms with Crippen molar-refractivity contribution in [1.82, 2.24) is 9.97 Å². The predicted molar refractivity (Wildman–Crippen MR) is 212 cm³/mol. The number of hydrogen-bond donors (Lipinski definition) is 2. The van der Waals surface area contributed by atoms with E-state index >= 15 is 0 Å². The minimum absolute atomic E-state index is 0.384. The van der Waals surface area contributed by atoms with Crippen LogP contribution in [0.25, 0.3) is 0 Å². The molecule has 0 aliphatic heterocycles. The number of rotatable bonds is 32. The molecule has 0 saturated heterocycles. The molecule has 56 heavy (non-hydrogen) atoms. The number of aromatic nitrogens is 4. The number of carboxylic acids is 2. The second kappa shape index (κ2) is 38.5. The minimum Gasteiger partial charge on any atom is -0.545 e. The quantitative estimate of drug-likeness (QED) is 0.0479. The van der Waals surface area contributed by atoms with E-state index in [-0.39, 0.29) is 0 Å². The van der Waals surface area contributed by atoms with Gasteiger partial charge in [-0.05, 0) is 50.7 Å². The summed E-state index contributed by atoms with van der Waals surface area (Å²) in [4.78, 5) is 26.8. The predicted octanol–water partition coefficient (Wildman–Crippen LogP) is 6.58. The highest BCUT2D eigenvalue weighted by Gasteiger charge is 2.14. The normalized spacial score (nSPS) is 13.2. The lowest BCUT2D eigenvalue weighted by atomic mass is 10.0. The van der Waals surface area contributed by atoms with E-state index in [9.17, 15) is 38.8 Å². The van der Waals surface area contributed by atoms with Crippen LogP contribution in [0.5, 0.6) is 0 Å². The third-order valence-corrected chi connectivity index (χ3v) is 9.40. The number of nitrogens with zero attached hydrogens (tertiary/aromatic N) is 4. The summed E-state index contributed by atoms with van der Waals surface area (Å²) in [5.74, 6) is -3.09. The second-order valence-corrected chi connectivity index (χ2v) is 14.8. The summed E-state index contributed by atoms with van der Waals surface area (Å²) in [6, 6.07) is 3.66. The van der Waals surface area contributed by atoms with Gasteiger partial charge in [-0.15, -0.1) is 0 Å². The smallest absolute Gasteiger partial charge is 0.286 e. The lowest BCUT2D eigenvalue weighted by molar-refractivity contribution is -0.706. The van der Waals surface area contributed by atoms with Gasteiger partial charge in [0.25, 0.3) is 12.7 Å². The molecule has 0 aromatic carbocycles. The number of aliphatic carboxylic acids is 2. The van der Waals surface area contributed by atoms with Crippen molar-refractivity contribution >= 4 is 11.9 Å². The number of alkyl halides is 2. The van der Waals surface area contributed by atoms with Crippen LogP contribution in [0.2, 0.25) is 0 Å². The summed E-state index contributed by atoms with van der Waals surface area (Å²) in [6.45, 7) is 5.45. The Labute approximate surface area is 336 Å². The van der Waals surface area contributed by atoms with Gasteiger partial charge in [0.15, 0.2) is 0 Å². The van der Waals surface area contributed by atoms with Gasteiger partial charge in [0.1, 0.15) is 37.8 Å². The van der Waals surface area contributed by atoms with Crippen LogP contribution in [0.15, 0.2) is 61.7 Å². The SMILES string of the molecule is CCCCCCCCCCCC(F)CCC(O)C[n+]1cccnc1.CCCCCCCCCCCC(F)CCC(O)C[n+]1cccnc1.O=C([O-])C=CC(=O)[O-]. The lowest BCUT2D eigenvalue weighted by Crippen LogP contribution is -2.39. The zero-order valence-corrected chi connectivity index (χ0v) is 34.5. The molecule has 10 nitrogen and oxygen atoms in total. The molecule has 0 fully saturated rings. The highest BCUT2D eigenvalue weighted by Crippen LogP contribution is 2.17. The Balaban J connectivity index is 0.000000905. The fourth-order valence-electron chi connectivity index (χ4n) is 6.13. The van der Waals surface area contributed by atoms with Gasteiger partial charge in [-0.1, -0.05) is 139 Å². The van der Waals surface area contributed by atoms with E-state index in [4.69, 9.17) is 0 Å². The van der Waals surface area contributed by atoms with Gasteiger partial charge in [-0.25, -0.2) is 17.9 Å². The summed E-state index contributed by atoms with van der Waals surface area (Å²) >= 11 is 0. The number of carbonyl (C=O) groups excluding carboxylic acids is 2. The van der Waals surface area contributed by atoms with Gasteiger partial charge in [-0.2, -0.15) is 0 Å². The molecule has 4 atom stereocenters. The first-order chi connectivity index (χ1) is 27.1. The average Bonchev–Trinajstić information content (AvgIpc) is 3.18. The maximum atomic E-state index is 13.9. The monoisotopic (exact) mass is 793 g/mol. The minimum atomic E-state index is -1.55. The van der Waals surface area contributed by atoms with Crippen LogP contribution in [0.1, 0.15) is 168 Å². The topological polar surface area (TPSA) is 154 Å². The van der Waals surface area contributed by atoms with Crippen molar-refractivity contribution in [2.75, 3.05) is 0 Å². The summed E-state index contributed by atoms with van der Waals surface area (Å²) in [5, 5.41) is 38.8. The van der Waals surface area contributed by atoms with Crippen molar-refractivity contribution in [2.45, 2.75) is 206 Å². The first-order valence-electron chi connectivity index (χ1n) is 21.4. The number of aliphatic hydroxyl groups is 2. The molecule has 0 bridgehead atoms. The molecule has 0 saturated carbocycles. The third-order valence-electron chi connectivity index (χ3n) is 9.40. The molecule has 0 aliphatic carbocycles. The van der Waals surface area contributed by atoms with Crippen molar-refractivity contribution in [2.24, 2.45) is 0 Å². The number of halogens is 2. The molecule has 2 aromatic rings. The number of unbranched alkanes of at least 4 members (excludes halogenated alkanes) is 16. The standard InChI is InChI=1S/2C20H36FN2O.C4H4O4/c2*1-2-3-4-5-6-7-8-9-10-12-19(21)13-14-20(24)17-23-16-11-15-22-18-23;5-3(6)1-2-4(7)8/h2*11,15-16,18-20,24H,2-10,12-14,17H2,1H3;1-2H,(H,5,6)(H,7,8)/q2*+1;/p-2. The van der Waals surface area contributed by atoms with Gasteiger partial charge < -0.3 is 30.0 Å². The zero-order valence-electron chi connectivity index (χ0n) is 34.5. The maximum Gasteiger partial charge on any atom is 0.286 e. The van der Waals surface area contributed by atoms with E-state index in [2.05, 4.69) is 23.8 Å². The van der Waals surface area contributed by atoms with Crippen molar-refractivity contribution in [3.63, 3.8) is 0 Å². The molecule has 12 heteroatoms. The average molecular weight is 793 g/mol. The van der Waals surface area contributed by atoms with Crippen molar-refractivity contribution < 1.29 is 47.9 Å². The largest absolute Gasteiger partial charge is 0.545 e. The lowest BCUT2D eigenvalue weighted by Gasteiger charge is -2.12. The Morgan fingerprint density at radius 3 is 1.16 bits per heavy atom. The van der Waals surface area contributed by atoms with Crippen molar-refractivity contribution in [1.29, 1.82) is 0 Å².